The summed E-state index contributed by atoms with van der Waals surface area (Å²) in [4.78, 5) is 0. The average molecular weight is 437 g/mol. The normalized spacial score (nSPS) is 19.6. The minimum atomic E-state index is 0. The molecule has 24 heavy (non-hydrogen) atoms. The number of benzene rings is 2. The largest absolute Gasteiger partial charge is 1.00 e. The molecule has 0 spiro atoms. The van der Waals surface area contributed by atoms with Crippen LogP contribution in [0.3, 0.4) is 0 Å². The summed E-state index contributed by atoms with van der Waals surface area (Å²) in [6.45, 7) is 1.16. The molecule has 0 amide bonds. The monoisotopic (exact) mass is 437 g/mol. The Hall–Kier alpha value is -1.27. The number of likely N-dealkylation sites (N-methyl/N-ethyl adjacent to an activating group) is 1. The molecule has 4 heteroatoms. The van der Waals surface area contributed by atoms with Crippen molar-refractivity contribution >= 4 is 0 Å². The molecule has 0 N–H and O–H groups in total. The second-order valence-electron chi connectivity index (χ2n) is 7.19. The van der Waals surface area contributed by atoms with E-state index in [-0.39, 0.29) is 24.0 Å². The molecule has 0 fully saturated rings. The number of quaternary nitrogens is 1. The lowest BCUT2D eigenvalue weighted by Crippen LogP contribution is -3.00. The first kappa shape index (κ1) is 17.5. The fourth-order valence-corrected chi connectivity index (χ4v) is 4.33. The van der Waals surface area contributed by atoms with E-state index in [0.29, 0.717) is 6.04 Å². The summed E-state index contributed by atoms with van der Waals surface area (Å²) in [5, 5.41) is 0. The van der Waals surface area contributed by atoms with Crippen molar-refractivity contribution in [2.24, 2.45) is 0 Å². The molecule has 2 aromatic rings. The Morgan fingerprint density at radius 2 is 1.79 bits per heavy atom. The standard InChI is InChI=1S/C20H24NO2.HI/c1-21(2)10-9-14-12-17(22-3)20(23-4)19-15-8-6-5-7-13(15)11-16(21)18(14)19;/h5-8,12,16H,9-11H2,1-4H3;1H/q+1;/p-1/t16-;/m1./s1. The van der Waals surface area contributed by atoms with Crippen LogP contribution < -0.4 is 33.5 Å². The highest BCUT2D eigenvalue weighted by atomic mass is 127. The van der Waals surface area contributed by atoms with Gasteiger partial charge in [-0.25, -0.2) is 0 Å². The lowest BCUT2D eigenvalue weighted by atomic mass is 9.75. The van der Waals surface area contributed by atoms with Gasteiger partial charge in [0.2, 0.25) is 0 Å². The summed E-state index contributed by atoms with van der Waals surface area (Å²) in [7, 11) is 8.17. The minimum absolute atomic E-state index is 0. The van der Waals surface area contributed by atoms with Crippen molar-refractivity contribution in [3.05, 3.63) is 47.0 Å². The van der Waals surface area contributed by atoms with Crippen LogP contribution >= 0.6 is 0 Å². The molecule has 0 bridgehead atoms. The quantitative estimate of drug-likeness (QED) is 0.507. The fraction of sp³-hybridized carbons (Fsp3) is 0.400. The molecule has 3 nitrogen and oxygen atoms in total. The number of hydrogen-bond acceptors (Lipinski definition) is 2. The van der Waals surface area contributed by atoms with Crippen molar-refractivity contribution in [1.29, 1.82) is 0 Å². The van der Waals surface area contributed by atoms with Crippen molar-refractivity contribution in [3.63, 3.8) is 0 Å². The average Bonchev–Trinajstić information content (AvgIpc) is 2.57. The van der Waals surface area contributed by atoms with Crippen LogP contribution in [0.4, 0.5) is 0 Å². The molecule has 2 aliphatic rings. The molecule has 1 aliphatic carbocycles. The lowest BCUT2D eigenvalue weighted by Gasteiger charge is -2.46. The Balaban J connectivity index is 0.00000169. The summed E-state index contributed by atoms with van der Waals surface area (Å²) in [6.07, 6.45) is 2.19. The summed E-state index contributed by atoms with van der Waals surface area (Å²) in [6, 6.07) is 11.4. The maximum atomic E-state index is 5.80. The SMILES string of the molecule is COc1cc2c3c(c1OC)-c1ccccc1C[C@H]3[N+](C)(C)CC2.[I-]. The predicted molar refractivity (Wildman–Crippen MR) is 92.1 cm³/mol. The third kappa shape index (κ3) is 2.42. The zero-order valence-electron chi connectivity index (χ0n) is 14.7. The Morgan fingerprint density at radius 3 is 2.50 bits per heavy atom. The van der Waals surface area contributed by atoms with Crippen LogP contribution in [0.1, 0.15) is 22.7 Å². The van der Waals surface area contributed by atoms with E-state index in [2.05, 4.69) is 44.4 Å². The number of methoxy groups -OCH3 is 2. The van der Waals surface area contributed by atoms with E-state index in [9.17, 15) is 0 Å². The number of rotatable bonds is 2. The smallest absolute Gasteiger partial charge is 0.169 e. The predicted octanol–water partition coefficient (Wildman–Crippen LogP) is 0.604. The zero-order chi connectivity index (χ0) is 16.2. The molecule has 0 aromatic heterocycles. The van der Waals surface area contributed by atoms with Gasteiger partial charge in [-0.05, 0) is 22.8 Å². The highest BCUT2D eigenvalue weighted by Gasteiger charge is 2.42. The van der Waals surface area contributed by atoms with Crippen LogP contribution in [0.5, 0.6) is 11.5 Å². The van der Waals surface area contributed by atoms with Crippen LogP contribution in [0.25, 0.3) is 11.1 Å². The summed E-state index contributed by atoms with van der Waals surface area (Å²) in [5.41, 5.74) is 6.86. The van der Waals surface area contributed by atoms with E-state index < -0.39 is 0 Å². The van der Waals surface area contributed by atoms with Crippen LogP contribution in [-0.4, -0.2) is 39.3 Å². The molecule has 128 valence electrons. The van der Waals surface area contributed by atoms with E-state index in [0.717, 1.165) is 35.4 Å². The summed E-state index contributed by atoms with van der Waals surface area (Å²) >= 11 is 0. The topological polar surface area (TPSA) is 18.5 Å². The number of halogens is 1. The number of ether oxygens (including phenoxy) is 2. The van der Waals surface area contributed by atoms with E-state index >= 15 is 0 Å². The van der Waals surface area contributed by atoms with Gasteiger partial charge in [-0.15, -0.1) is 0 Å². The van der Waals surface area contributed by atoms with Gasteiger partial charge in [0.05, 0.1) is 34.9 Å². The molecule has 4 rings (SSSR count). The van der Waals surface area contributed by atoms with Crippen LogP contribution in [0.2, 0.25) is 0 Å². The van der Waals surface area contributed by atoms with Gasteiger partial charge in [0.1, 0.15) is 6.04 Å². The van der Waals surface area contributed by atoms with Crippen molar-refractivity contribution in [2.45, 2.75) is 18.9 Å². The maximum absolute atomic E-state index is 5.80. The second-order valence-corrected chi connectivity index (χ2v) is 7.19. The Labute approximate surface area is 161 Å². The van der Waals surface area contributed by atoms with Crippen LogP contribution in [0.15, 0.2) is 30.3 Å². The third-order valence-corrected chi connectivity index (χ3v) is 5.63. The Morgan fingerprint density at radius 1 is 1.04 bits per heavy atom. The lowest BCUT2D eigenvalue weighted by molar-refractivity contribution is -0.923. The van der Waals surface area contributed by atoms with Gasteiger partial charge in [-0.1, -0.05) is 24.3 Å². The number of fused-ring (bicyclic) bond motifs is 2. The molecular formula is C20H24INO2. The molecule has 0 unspecified atom stereocenters. The molecule has 0 saturated carbocycles. The highest BCUT2D eigenvalue weighted by molar-refractivity contribution is 5.83. The van der Waals surface area contributed by atoms with Gasteiger partial charge >= 0.3 is 0 Å². The summed E-state index contributed by atoms with van der Waals surface area (Å²) in [5.74, 6) is 1.73. The Kier molecular flexibility index (Phi) is 4.55. The molecule has 0 saturated heterocycles. The Bertz CT molecular complexity index is 785. The van der Waals surface area contributed by atoms with E-state index in [1.807, 2.05) is 0 Å². The maximum Gasteiger partial charge on any atom is 0.169 e. The van der Waals surface area contributed by atoms with Crippen molar-refractivity contribution in [1.82, 2.24) is 0 Å². The molecule has 0 radical (unpaired) electrons. The molecule has 1 heterocycles. The number of hydrogen-bond donors (Lipinski definition) is 0. The molecule has 1 atom stereocenters. The first-order chi connectivity index (χ1) is 11.1. The highest BCUT2D eigenvalue weighted by Crippen LogP contribution is 2.53. The van der Waals surface area contributed by atoms with Crippen molar-refractivity contribution < 1.29 is 37.9 Å². The van der Waals surface area contributed by atoms with Gasteiger partial charge in [0, 0.05) is 24.0 Å². The van der Waals surface area contributed by atoms with Gasteiger partial charge in [-0.2, -0.15) is 0 Å². The second kappa shape index (κ2) is 6.23. The molecular weight excluding hydrogens is 413 g/mol. The van der Waals surface area contributed by atoms with Gasteiger partial charge in [0.15, 0.2) is 11.5 Å². The summed E-state index contributed by atoms with van der Waals surface area (Å²) < 4.78 is 12.5. The number of nitrogens with zero attached hydrogens (tertiary/aromatic N) is 1. The first-order valence-electron chi connectivity index (χ1n) is 8.25. The van der Waals surface area contributed by atoms with Crippen LogP contribution in [0, 0.1) is 0 Å². The molecule has 2 aromatic carbocycles. The van der Waals surface area contributed by atoms with Crippen molar-refractivity contribution in [3.8, 4) is 22.6 Å². The van der Waals surface area contributed by atoms with Crippen molar-refractivity contribution in [2.75, 3.05) is 34.9 Å². The van der Waals surface area contributed by atoms with Gasteiger partial charge in [-0.3, -0.25) is 0 Å². The zero-order valence-corrected chi connectivity index (χ0v) is 16.9. The van der Waals surface area contributed by atoms with E-state index in [1.54, 1.807) is 14.2 Å². The van der Waals surface area contributed by atoms with Gasteiger partial charge < -0.3 is 37.9 Å². The van der Waals surface area contributed by atoms with E-state index in [4.69, 9.17) is 9.47 Å². The van der Waals surface area contributed by atoms with Gasteiger partial charge in [0.25, 0.3) is 0 Å². The third-order valence-electron chi connectivity index (χ3n) is 5.63. The fourth-order valence-electron chi connectivity index (χ4n) is 4.33. The first-order valence-corrected chi connectivity index (χ1v) is 8.25. The molecule has 1 aliphatic heterocycles. The van der Waals surface area contributed by atoms with Crippen LogP contribution in [-0.2, 0) is 12.8 Å². The minimum Gasteiger partial charge on any atom is -1.00 e. The van der Waals surface area contributed by atoms with E-state index in [1.165, 1.54) is 27.8 Å².